The molecule has 0 unspecified atom stereocenters. The van der Waals surface area contributed by atoms with E-state index in [1.54, 1.807) is 7.05 Å². The molecule has 0 spiro atoms. The van der Waals surface area contributed by atoms with Crippen LogP contribution < -0.4 is 16.6 Å². The number of hydrogen-bond acceptors (Lipinski definition) is 13. The average molecular weight is 551 g/mol. The zero-order valence-corrected chi connectivity index (χ0v) is 21.1. The van der Waals surface area contributed by atoms with Crippen molar-refractivity contribution in [2.45, 2.75) is 16.6 Å². The lowest BCUT2D eigenvalue weighted by Gasteiger charge is -2.49. The molecule has 2 aromatic rings. The van der Waals surface area contributed by atoms with Crippen molar-refractivity contribution >= 4 is 63.5 Å². The minimum atomic E-state index is -1.33. The summed E-state index contributed by atoms with van der Waals surface area (Å²) in [6.45, 7) is 3.96. The summed E-state index contributed by atoms with van der Waals surface area (Å²) < 4.78 is 1.38. The summed E-state index contributed by atoms with van der Waals surface area (Å²) in [7, 11) is 2.84. The maximum absolute atomic E-state index is 13.0. The van der Waals surface area contributed by atoms with Crippen LogP contribution in [0.5, 0.6) is 0 Å². The fourth-order valence-electron chi connectivity index (χ4n) is 3.38. The van der Waals surface area contributed by atoms with E-state index in [0.29, 0.717) is 10.5 Å². The van der Waals surface area contributed by atoms with Gasteiger partial charge >= 0.3 is 5.97 Å². The molecule has 4 heterocycles. The molecule has 0 saturated carbocycles. The first kappa shape index (κ1) is 25.4. The lowest BCUT2D eigenvalue weighted by molar-refractivity contribution is -0.150. The highest BCUT2D eigenvalue weighted by Crippen LogP contribution is 2.46. The summed E-state index contributed by atoms with van der Waals surface area (Å²) in [6, 6.07) is -1.04. The standard InChI is InChI=1S/C19H18N8O6S3/c1-7-8(5-35-19-23-10(28)4-21-26(19)2)13(17(31)32)27-15(30)12(16(27)36-7)24-14(29)11(25-33-3)9-6-34-18(20)22-9/h4,6,12,16H,1,5H2,2-3H3,(H2,20,22)(H,24,29)(H,31,32)/b25-11-/t12-,16-/m1/s1. The van der Waals surface area contributed by atoms with Crippen LogP contribution in [-0.2, 0) is 26.3 Å². The van der Waals surface area contributed by atoms with Gasteiger partial charge in [0.2, 0.25) is 0 Å². The second-order valence-corrected chi connectivity index (χ2v) is 10.2. The fraction of sp³-hybridized carbons (Fsp3) is 0.263. The fourth-order valence-corrected chi connectivity index (χ4v) is 6.23. The molecule has 36 heavy (non-hydrogen) atoms. The number of fused-ring (bicyclic) bond motifs is 1. The quantitative estimate of drug-likeness (QED) is 0.167. The van der Waals surface area contributed by atoms with Crippen LogP contribution in [0, 0.1) is 0 Å². The zero-order chi connectivity index (χ0) is 26.1. The highest BCUT2D eigenvalue weighted by atomic mass is 32.2. The van der Waals surface area contributed by atoms with Gasteiger partial charge in [0.1, 0.15) is 36.1 Å². The number of aromatic nitrogens is 4. The van der Waals surface area contributed by atoms with Crippen LogP contribution in [0.4, 0.5) is 5.13 Å². The van der Waals surface area contributed by atoms with Crippen LogP contribution >= 0.6 is 34.9 Å². The highest BCUT2D eigenvalue weighted by molar-refractivity contribution is 8.04. The first-order valence-corrected chi connectivity index (χ1v) is 12.7. The van der Waals surface area contributed by atoms with Crippen LogP contribution in [0.3, 0.4) is 0 Å². The van der Waals surface area contributed by atoms with E-state index in [2.05, 4.69) is 32.1 Å². The predicted octanol–water partition coefficient (Wildman–Crippen LogP) is -0.391. The third-order valence-corrected chi connectivity index (χ3v) is 7.97. The van der Waals surface area contributed by atoms with Gasteiger partial charge in [-0.15, -0.1) is 11.3 Å². The minimum absolute atomic E-state index is 0.0723. The summed E-state index contributed by atoms with van der Waals surface area (Å²) >= 11 is 3.32. The van der Waals surface area contributed by atoms with Crippen LogP contribution in [-0.4, -0.2) is 77.5 Å². The zero-order valence-electron chi connectivity index (χ0n) is 18.7. The Morgan fingerprint density at radius 2 is 2.14 bits per heavy atom. The minimum Gasteiger partial charge on any atom is -0.477 e. The molecule has 2 aliphatic rings. The Bertz CT molecular complexity index is 1400. The van der Waals surface area contributed by atoms with Crippen LogP contribution in [0.1, 0.15) is 5.69 Å². The summed E-state index contributed by atoms with van der Waals surface area (Å²) in [5.74, 6) is -2.61. The first-order chi connectivity index (χ1) is 17.1. The highest BCUT2D eigenvalue weighted by Gasteiger charge is 2.55. The predicted molar refractivity (Wildman–Crippen MR) is 132 cm³/mol. The lowest BCUT2D eigenvalue weighted by Crippen LogP contribution is -2.70. The number of amides is 2. The third kappa shape index (κ3) is 4.71. The van der Waals surface area contributed by atoms with E-state index >= 15 is 0 Å². The second-order valence-electron chi connectivity index (χ2n) is 7.21. The molecule has 0 aromatic carbocycles. The number of β-lactam (4-membered cyclic amide) rings is 1. The molecular formula is C19H18N8O6S3. The molecule has 2 aliphatic heterocycles. The Balaban J connectivity index is 1.55. The van der Waals surface area contributed by atoms with E-state index < -0.39 is 34.8 Å². The maximum Gasteiger partial charge on any atom is 0.353 e. The first-order valence-electron chi connectivity index (χ1n) is 9.94. The Kier molecular flexibility index (Phi) is 7.14. The number of rotatable bonds is 8. The van der Waals surface area contributed by atoms with Gasteiger partial charge in [0.15, 0.2) is 16.0 Å². The van der Waals surface area contributed by atoms with Crippen molar-refractivity contribution in [3.05, 3.63) is 50.4 Å². The van der Waals surface area contributed by atoms with E-state index in [4.69, 9.17) is 10.6 Å². The number of oxime groups is 1. The topological polar surface area (TPSA) is 195 Å². The van der Waals surface area contributed by atoms with E-state index in [1.165, 1.54) is 17.2 Å². The van der Waals surface area contributed by atoms with E-state index in [0.717, 1.165) is 46.0 Å². The van der Waals surface area contributed by atoms with Gasteiger partial charge in [0.25, 0.3) is 17.4 Å². The number of aryl methyl sites for hydroxylation is 1. The molecule has 2 aromatic heterocycles. The summed E-state index contributed by atoms with van der Waals surface area (Å²) in [5.41, 5.74) is 5.13. The maximum atomic E-state index is 13.0. The van der Waals surface area contributed by atoms with Crippen molar-refractivity contribution in [1.29, 1.82) is 0 Å². The number of nitrogen functional groups attached to an aromatic ring is 1. The summed E-state index contributed by atoms with van der Waals surface area (Å²) in [6.07, 6.45) is 1.06. The van der Waals surface area contributed by atoms with Crippen molar-refractivity contribution < 1.29 is 24.3 Å². The SMILES string of the molecule is C=C1S[C@@H]2[C@H](NC(=O)/C(=N\OC)c3csc(N)n3)C(=O)N2C(C(=O)O)=C1CSc1nc(=O)cnn1C. The molecule has 0 aliphatic carbocycles. The number of aliphatic carboxylic acids is 1. The summed E-state index contributed by atoms with van der Waals surface area (Å²) in [5, 5.41) is 21.3. The normalized spacial score (nSPS) is 19.6. The molecule has 1 saturated heterocycles. The monoisotopic (exact) mass is 550 g/mol. The van der Waals surface area contributed by atoms with Gasteiger partial charge in [-0.25, -0.2) is 14.5 Å². The van der Waals surface area contributed by atoms with Gasteiger partial charge in [-0.1, -0.05) is 35.3 Å². The Hall–Kier alpha value is -3.70. The lowest BCUT2D eigenvalue weighted by atomic mass is 10.0. The number of allylic oxidation sites excluding steroid dienone is 1. The van der Waals surface area contributed by atoms with Gasteiger partial charge in [-0.2, -0.15) is 10.1 Å². The van der Waals surface area contributed by atoms with Crippen molar-refractivity contribution in [3.8, 4) is 0 Å². The molecule has 14 nitrogen and oxygen atoms in total. The number of thiazole rings is 1. The number of carboxylic acids is 1. The molecule has 4 rings (SSSR count). The van der Waals surface area contributed by atoms with Gasteiger partial charge in [0, 0.05) is 28.7 Å². The average Bonchev–Trinajstić information content (AvgIpc) is 3.26. The molecule has 2 amide bonds. The van der Waals surface area contributed by atoms with Crippen LogP contribution in [0.25, 0.3) is 0 Å². The van der Waals surface area contributed by atoms with Gasteiger partial charge < -0.3 is 21.0 Å². The molecule has 188 valence electrons. The molecule has 17 heteroatoms. The number of carbonyl (C=O) groups excluding carboxylic acids is 2. The molecule has 1 fully saturated rings. The molecule has 2 atom stereocenters. The number of hydrogen-bond donors (Lipinski definition) is 3. The van der Waals surface area contributed by atoms with Crippen molar-refractivity contribution in [2.24, 2.45) is 12.2 Å². The number of anilines is 1. The largest absolute Gasteiger partial charge is 0.477 e. The van der Waals surface area contributed by atoms with E-state index in [-0.39, 0.29) is 33.1 Å². The molecule has 0 radical (unpaired) electrons. The number of nitrogens with two attached hydrogens (primary N) is 1. The number of carbonyl (C=O) groups is 3. The Morgan fingerprint density at radius 3 is 2.78 bits per heavy atom. The Morgan fingerprint density at radius 1 is 1.39 bits per heavy atom. The second kappa shape index (κ2) is 10.1. The van der Waals surface area contributed by atoms with E-state index in [1.807, 2.05) is 0 Å². The number of nitrogens with zero attached hydrogens (tertiary/aromatic N) is 6. The number of carboxylic acid groups (broad SMARTS) is 1. The van der Waals surface area contributed by atoms with E-state index in [9.17, 15) is 24.3 Å². The third-order valence-electron chi connectivity index (χ3n) is 4.99. The number of thioether (sulfide) groups is 2. The van der Waals surface area contributed by atoms with Gasteiger partial charge in [-0.3, -0.25) is 19.3 Å². The van der Waals surface area contributed by atoms with Crippen molar-refractivity contribution in [3.63, 3.8) is 0 Å². The summed E-state index contributed by atoms with van der Waals surface area (Å²) in [4.78, 5) is 63.7. The van der Waals surface area contributed by atoms with Crippen molar-refractivity contribution in [1.82, 2.24) is 30.0 Å². The molecule has 0 bridgehead atoms. The molecular weight excluding hydrogens is 532 g/mol. The van der Waals surface area contributed by atoms with Crippen LogP contribution in [0.15, 0.2) is 49.4 Å². The van der Waals surface area contributed by atoms with Gasteiger partial charge in [0.05, 0.1) is 0 Å². The smallest absolute Gasteiger partial charge is 0.353 e. The van der Waals surface area contributed by atoms with Crippen LogP contribution in [0.2, 0.25) is 0 Å². The van der Waals surface area contributed by atoms with Crippen molar-refractivity contribution in [2.75, 3.05) is 18.6 Å². The Labute approximate surface area is 215 Å². The molecule has 4 N–H and O–H groups in total. The number of nitrogens with one attached hydrogen (secondary N) is 1. The van der Waals surface area contributed by atoms with Gasteiger partial charge in [-0.05, 0) is 0 Å².